The van der Waals surface area contributed by atoms with E-state index in [0.717, 1.165) is 5.56 Å². The lowest BCUT2D eigenvalue weighted by Gasteiger charge is -2.24. The fraction of sp³-hybridized carbons (Fsp3) is 0.238. The molecule has 1 aliphatic rings. The van der Waals surface area contributed by atoms with Crippen molar-refractivity contribution in [2.75, 3.05) is 11.9 Å². The van der Waals surface area contributed by atoms with Gasteiger partial charge >= 0.3 is 0 Å². The molecule has 1 unspecified atom stereocenters. The number of thiocarbonyl (C=S) groups is 1. The molecular weight excluding hydrogens is 424 g/mol. The quantitative estimate of drug-likeness (QED) is 0.669. The lowest BCUT2D eigenvalue weighted by Crippen LogP contribution is -2.49. The van der Waals surface area contributed by atoms with Crippen LogP contribution in [0.4, 0.5) is 5.69 Å². The lowest BCUT2D eigenvalue weighted by atomic mass is 10.1. The van der Waals surface area contributed by atoms with Crippen LogP contribution in [0.3, 0.4) is 0 Å². The molecule has 7 nitrogen and oxygen atoms in total. The first-order chi connectivity index (χ1) is 14.3. The van der Waals surface area contributed by atoms with E-state index in [-0.39, 0.29) is 23.3 Å². The first kappa shape index (κ1) is 21.7. The number of carbonyl (C=O) groups excluding carboxylic acids is 3. The van der Waals surface area contributed by atoms with Crippen LogP contribution in [0.25, 0.3) is 0 Å². The summed E-state index contributed by atoms with van der Waals surface area (Å²) in [6, 6.07) is 12.7. The molecule has 0 aliphatic carbocycles. The van der Waals surface area contributed by atoms with Gasteiger partial charge in [0.25, 0.3) is 11.8 Å². The van der Waals surface area contributed by atoms with E-state index in [2.05, 4.69) is 10.7 Å². The molecule has 0 spiro atoms. The topological polar surface area (TPSA) is 81.8 Å². The number of likely N-dealkylation sites (N-methyl/N-ethyl adjacent to an activating group) is 1. The summed E-state index contributed by atoms with van der Waals surface area (Å²) in [7, 11) is 0. The predicted molar refractivity (Wildman–Crippen MR) is 119 cm³/mol. The van der Waals surface area contributed by atoms with E-state index in [1.54, 1.807) is 37.3 Å². The largest absolute Gasteiger partial charge is 0.326 e. The number of halogens is 1. The fourth-order valence-electron chi connectivity index (χ4n) is 3.13. The van der Waals surface area contributed by atoms with Gasteiger partial charge in [-0.15, -0.1) is 0 Å². The molecule has 3 amide bonds. The Bertz CT molecular complexity index is 996. The van der Waals surface area contributed by atoms with Crippen molar-refractivity contribution < 1.29 is 14.4 Å². The summed E-state index contributed by atoms with van der Waals surface area (Å²) < 4.78 is 0. The standard InChI is InChI=1S/C21H21ClN4O3S/c1-3-25-20(29)17(12-18(27)23-16-6-4-5-13(2)11-16)26(21(25)30)24-19(28)14-7-9-15(22)10-8-14/h4-11,17H,3,12H2,1-2H3,(H,23,27)(H,24,28). The van der Waals surface area contributed by atoms with Gasteiger partial charge in [-0.25, -0.2) is 5.01 Å². The molecule has 1 atom stereocenters. The fourth-order valence-corrected chi connectivity index (χ4v) is 3.65. The van der Waals surface area contributed by atoms with Crippen LogP contribution in [0.15, 0.2) is 48.5 Å². The number of anilines is 1. The van der Waals surface area contributed by atoms with Gasteiger partial charge in [0.1, 0.15) is 6.04 Å². The minimum absolute atomic E-state index is 0.151. The van der Waals surface area contributed by atoms with Gasteiger partial charge in [0, 0.05) is 22.8 Å². The number of carbonyl (C=O) groups is 3. The van der Waals surface area contributed by atoms with Crippen molar-refractivity contribution >= 4 is 52.3 Å². The van der Waals surface area contributed by atoms with Crippen LogP contribution in [0.5, 0.6) is 0 Å². The van der Waals surface area contributed by atoms with Crippen molar-refractivity contribution in [2.24, 2.45) is 0 Å². The second kappa shape index (κ2) is 9.23. The van der Waals surface area contributed by atoms with Gasteiger partial charge < -0.3 is 5.32 Å². The average Bonchev–Trinajstić information content (AvgIpc) is 2.91. The minimum Gasteiger partial charge on any atom is -0.326 e. The summed E-state index contributed by atoms with van der Waals surface area (Å²) in [6.07, 6.45) is -0.162. The number of hydrogen-bond donors (Lipinski definition) is 2. The summed E-state index contributed by atoms with van der Waals surface area (Å²) in [5.41, 5.74) is 4.65. The monoisotopic (exact) mass is 444 g/mol. The number of amides is 3. The maximum atomic E-state index is 12.8. The zero-order valence-corrected chi connectivity index (χ0v) is 18.1. The van der Waals surface area contributed by atoms with Crippen molar-refractivity contribution in [3.8, 4) is 0 Å². The molecule has 1 saturated heterocycles. The van der Waals surface area contributed by atoms with E-state index >= 15 is 0 Å². The lowest BCUT2D eigenvalue weighted by molar-refractivity contribution is -0.130. The Labute approximate surface area is 185 Å². The SMILES string of the molecule is CCN1C(=O)C(CC(=O)Nc2cccc(C)c2)N(NC(=O)c2ccc(Cl)cc2)C1=S. The molecule has 2 N–H and O–H groups in total. The van der Waals surface area contributed by atoms with Gasteiger partial charge in [0.15, 0.2) is 5.11 Å². The minimum atomic E-state index is -0.932. The number of rotatable bonds is 6. The Morgan fingerprint density at radius 2 is 1.87 bits per heavy atom. The maximum absolute atomic E-state index is 12.8. The third kappa shape index (κ3) is 4.77. The van der Waals surface area contributed by atoms with E-state index in [0.29, 0.717) is 22.8 Å². The molecule has 9 heteroatoms. The molecule has 156 valence electrons. The molecule has 1 aliphatic heterocycles. The summed E-state index contributed by atoms with van der Waals surface area (Å²) in [6.45, 7) is 4.03. The first-order valence-corrected chi connectivity index (χ1v) is 10.2. The summed E-state index contributed by atoms with van der Waals surface area (Å²) >= 11 is 11.2. The molecule has 0 radical (unpaired) electrons. The Kier molecular flexibility index (Phi) is 6.69. The maximum Gasteiger partial charge on any atom is 0.269 e. The molecule has 0 bridgehead atoms. The zero-order chi connectivity index (χ0) is 21.8. The molecule has 30 heavy (non-hydrogen) atoms. The number of benzene rings is 2. The van der Waals surface area contributed by atoms with Crippen molar-refractivity contribution in [3.63, 3.8) is 0 Å². The number of aryl methyl sites for hydroxylation is 1. The molecule has 0 saturated carbocycles. The summed E-state index contributed by atoms with van der Waals surface area (Å²) in [5, 5.41) is 4.72. The van der Waals surface area contributed by atoms with E-state index < -0.39 is 11.9 Å². The Balaban J connectivity index is 1.76. The van der Waals surface area contributed by atoms with Crippen LogP contribution in [0.1, 0.15) is 29.3 Å². The predicted octanol–water partition coefficient (Wildman–Crippen LogP) is 3.14. The van der Waals surface area contributed by atoms with Gasteiger partial charge in [0.05, 0.1) is 6.42 Å². The Morgan fingerprint density at radius 1 is 1.17 bits per heavy atom. The van der Waals surface area contributed by atoms with E-state index in [1.807, 2.05) is 25.1 Å². The third-order valence-electron chi connectivity index (χ3n) is 4.62. The Morgan fingerprint density at radius 3 is 2.50 bits per heavy atom. The molecule has 2 aromatic rings. The number of hydrazine groups is 1. The second-order valence-electron chi connectivity index (χ2n) is 6.82. The van der Waals surface area contributed by atoms with Crippen LogP contribution in [-0.4, -0.2) is 45.3 Å². The average molecular weight is 445 g/mol. The van der Waals surface area contributed by atoms with Crippen LogP contribution >= 0.6 is 23.8 Å². The molecule has 3 rings (SSSR count). The third-order valence-corrected chi connectivity index (χ3v) is 5.29. The zero-order valence-electron chi connectivity index (χ0n) is 16.5. The highest BCUT2D eigenvalue weighted by molar-refractivity contribution is 7.80. The van der Waals surface area contributed by atoms with E-state index in [9.17, 15) is 14.4 Å². The van der Waals surface area contributed by atoms with Gasteiger partial charge in [-0.3, -0.25) is 24.7 Å². The summed E-state index contributed by atoms with van der Waals surface area (Å²) in [4.78, 5) is 39.4. The smallest absolute Gasteiger partial charge is 0.269 e. The molecule has 2 aromatic carbocycles. The van der Waals surface area contributed by atoms with Gasteiger partial charge in [-0.2, -0.15) is 0 Å². The van der Waals surface area contributed by atoms with Crippen molar-refractivity contribution in [1.29, 1.82) is 0 Å². The van der Waals surface area contributed by atoms with Crippen molar-refractivity contribution in [3.05, 3.63) is 64.7 Å². The van der Waals surface area contributed by atoms with E-state index in [4.69, 9.17) is 23.8 Å². The van der Waals surface area contributed by atoms with Crippen LogP contribution in [0.2, 0.25) is 5.02 Å². The van der Waals surface area contributed by atoms with E-state index in [1.165, 1.54) is 9.91 Å². The van der Waals surface area contributed by atoms with Crippen molar-refractivity contribution in [1.82, 2.24) is 15.3 Å². The van der Waals surface area contributed by atoms with Gasteiger partial charge in [-0.1, -0.05) is 23.7 Å². The number of hydrogen-bond acceptors (Lipinski definition) is 4. The van der Waals surface area contributed by atoms with Gasteiger partial charge in [0.2, 0.25) is 5.91 Å². The second-order valence-corrected chi connectivity index (χ2v) is 7.62. The highest BCUT2D eigenvalue weighted by Gasteiger charge is 2.43. The number of nitrogens with zero attached hydrogens (tertiary/aromatic N) is 2. The molecule has 1 fully saturated rings. The normalized spacial score (nSPS) is 16.0. The highest BCUT2D eigenvalue weighted by Crippen LogP contribution is 2.20. The molecule has 1 heterocycles. The van der Waals surface area contributed by atoms with Crippen molar-refractivity contribution in [2.45, 2.75) is 26.3 Å². The molecule has 0 aromatic heterocycles. The van der Waals surface area contributed by atoms with Crippen LogP contribution < -0.4 is 10.7 Å². The number of nitrogens with one attached hydrogen (secondary N) is 2. The highest BCUT2D eigenvalue weighted by atomic mass is 35.5. The summed E-state index contributed by atoms with van der Waals surface area (Å²) in [5.74, 6) is -1.15. The van der Waals surface area contributed by atoms with Crippen LogP contribution in [-0.2, 0) is 9.59 Å². The van der Waals surface area contributed by atoms with Gasteiger partial charge in [-0.05, 0) is 68.0 Å². The van der Waals surface area contributed by atoms with Crippen LogP contribution in [0, 0.1) is 6.92 Å². The molecular formula is C21H21ClN4O3S. The Hall–Kier alpha value is -2.97. The first-order valence-electron chi connectivity index (χ1n) is 9.37.